The number of fused-ring (bicyclic) bond motifs is 1. The van der Waals surface area contributed by atoms with Crippen molar-refractivity contribution in [2.75, 3.05) is 13.2 Å². The molecule has 8 nitrogen and oxygen atoms in total. The Balaban J connectivity index is 1.95. The lowest BCUT2D eigenvalue weighted by atomic mass is 10.2. The Hall–Kier alpha value is -2.77. The monoisotopic (exact) mass is 350 g/mol. The third-order valence-electron chi connectivity index (χ3n) is 3.29. The highest BCUT2D eigenvalue weighted by Gasteiger charge is 2.22. The van der Waals surface area contributed by atoms with Crippen LogP contribution in [-0.2, 0) is 9.53 Å². The van der Waals surface area contributed by atoms with Crippen molar-refractivity contribution in [3.8, 4) is 11.5 Å². The minimum Gasteiger partial charge on any atom is -0.490 e. The van der Waals surface area contributed by atoms with E-state index in [1.807, 2.05) is 0 Å². The second kappa shape index (κ2) is 8.36. The topological polar surface area (TPSA) is 103 Å². The quantitative estimate of drug-likeness (QED) is 0.800. The Labute approximate surface area is 145 Å². The number of hydrogen-bond donors (Lipinski definition) is 2. The zero-order valence-corrected chi connectivity index (χ0v) is 14.5. The minimum absolute atomic E-state index is 0.118. The first-order chi connectivity index (χ1) is 11.9. The normalized spacial score (nSPS) is 14.2. The number of carbonyl (C=O) groups excluding carboxylic acids is 3. The van der Waals surface area contributed by atoms with E-state index in [1.165, 1.54) is 19.1 Å². The van der Waals surface area contributed by atoms with Crippen LogP contribution in [0.3, 0.4) is 0 Å². The molecular weight excluding hydrogens is 328 g/mol. The molecule has 3 amide bonds. The van der Waals surface area contributed by atoms with Crippen LogP contribution in [0.4, 0.5) is 4.79 Å². The molecule has 2 N–H and O–H groups in total. The summed E-state index contributed by atoms with van der Waals surface area (Å²) in [6.45, 7) is 5.95. The Morgan fingerprint density at radius 1 is 1.08 bits per heavy atom. The zero-order valence-electron chi connectivity index (χ0n) is 14.5. The number of nitrogens with one attached hydrogen (secondary N) is 2. The minimum atomic E-state index is -1.12. The van der Waals surface area contributed by atoms with E-state index in [2.05, 4.69) is 10.6 Å². The van der Waals surface area contributed by atoms with Crippen molar-refractivity contribution in [2.45, 2.75) is 39.3 Å². The first-order valence-electron chi connectivity index (χ1n) is 8.09. The van der Waals surface area contributed by atoms with Gasteiger partial charge in [0.15, 0.2) is 17.6 Å². The molecule has 1 aromatic rings. The lowest BCUT2D eigenvalue weighted by molar-refractivity contribution is -0.127. The summed E-state index contributed by atoms with van der Waals surface area (Å²) >= 11 is 0. The smallest absolute Gasteiger partial charge is 0.339 e. The molecule has 8 heteroatoms. The summed E-state index contributed by atoms with van der Waals surface area (Å²) in [5, 5.41) is 4.63. The molecule has 1 atom stereocenters. The molecule has 0 spiro atoms. The third-order valence-corrected chi connectivity index (χ3v) is 3.29. The maximum Gasteiger partial charge on any atom is 0.339 e. The number of imide groups is 1. The van der Waals surface area contributed by atoms with E-state index in [1.54, 1.807) is 19.9 Å². The number of urea groups is 1. The number of benzene rings is 1. The molecule has 0 unspecified atom stereocenters. The van der Waals surface area contributed by atoms with Crippen molar-refractivity contribution in [1.82, 2.24) is 10.6 Å². The number of carbonyl (C=O) groups is 3. The second-order valence-electron chi connectivity index (χ2n) is 5.88. The fraction of sp³-hybridized carbons (Fsp3) is 0.471. The van der Waals surface area contributed by atoms with E-state index in [0.29, 0.717) is 24.7 Å². The molecule has 0 fully saturated rings. The third kappa shape index (κ3) is 5.37. The largest absolute Gasteiger partial charge is 0.490 e. The number of esters is 1. The van der Waals surface area contributed by atoms with Crippen LogP contribution in [0.5, 0.6) is 11.5 Å². The van der Waals surface area contributed by atoms with Gasteiger partial charge in [0.25, 0.3) is 5.91 Å². The number of amides is 3. The van der Waals surface area contributed by atoms with Gasteiger partial charge in [0.05, 0.1) is 18.8 Å². The highest BCUT2D eigenvalue weighted by Crippen LogP contribution is 2.30. The van der Waals surface area contributed by atoms with E-state index in [9.17, 15) is 14.4 Å². The van der Waals surface area contributed by atoms with Gasteiger partial charge in [-0.05, 0) is 39.0 Å². The summed E-state index contributed by atoms with van der Waals surface area (Å²) < 4.78 is 16.1. The lowest BCUT2D eigenvalue weighted by Crippen LogP contribution is -2.46. The average Bonchev–Trinajstić information content (AvgIpc) is 2.78. The van der Waals surface area contributed by atoms with Gasteiger partial charge in [0.1, 0.15) is 0 Å². The number of rotatable bonds is 4. The van der Waals surface area contributed by atoms with Crippen molar-refractivity contribution < 1.29 is 28.6 Å². The molecule has 1 aliphatic heterocycles. The maximum atomic E-state index is 12.2. The van der Waals surface area contributed by atoms with E-state index >= 15 is 0 Å². The SMILES string of the molecule is CC(C)NC(=O)NC(=O)[C@@H](C)OC(=O)c1ccc2c(c1)OCCCO2. The van der Waals surface area contributed by atoms with Gasteiger partial charge in [-0.15, -0.1) is 0 Å². The summed E-state index contributed by atoms with van der Waals surface area (Å²) in [5.74, 6) is -0.381. The van der Waals surface area contributed by atoms with Gasteiger partial charge < -0.3 is 19.5 Å². The van der Waals surface area contributed by atoms with Gasteiger partial charge in [0.2, 0.25) is 0 Å². The van der Waals surface area contributed by atoms with Crippen LogP contribution < -0.4 is 20.1 Å². The molecule has 2 rings (SSSR count). The van der Waals surface area contributed by atoms with Crippen molar-refractivity contribution in [3.05, 3.63) is 23.8 Å². The summed E-state index contributed by atoms with van der Waals surface area (Å²) in [7, 11) is 0. The predicted molar refractivity (Wildman–Crippen MR) is 88.7 cm³/mol. The Kier molecular flexibility index (Phi) is 6.21. The Morgan fingerprint density at radius 2 is 1.76 bits per heavy atom. The van der Waals surface area contributed by atoms with Gasteiger partial charge in [-0.1, -0.05) is 0 Å². The molecule has 0 saturated carbocycles. The molecule has 1 aliphatic rings. The standard InChI is InChI=1S/C17H22N2O6/c1-10(2)18-17(22)19-15(20)11(3)25-16(21)12-5-6-13-14(9-12)24-8-4-7-23-13/h5-6,9-11H,4,7-8H2,1-3H3,(H2,18,19,20,22)/t11-/m1/s1. The molecule has 1 aromatic carbocycles. The number of hydrogen-bond acceptors (Lipinski definition) is 6. The Morgan fingerprint density at radius 3 is 2.44 bits per heavy atom. The summed E-state index contributed by atoms with van der Waals surface area (Å²) in [4.78, 5) is 35.6. The van der Waals surface area contributed by atoms with Crippen LogP contribution in [-0.4, -0.2) is 43.3 Å². The van der Waals surface area contributed by atoms with Crippen molar-refractivity contribution in [1.29, 1.82) is 0 Å². The maximum absolute atomic E-state index is 12.2. The van der Waals surface area contributed by atoms with Crippen LogP contribution in [0.1, 0.15) is 37.6 Å². The van der Waals surface area contributed by atoms with Crippen LogP contribution >= 0.6 is 0 Å². The fourth-order valence-corrected chi connectivity index (χ4v) is 2.08. The zero-order chi connectivity index (χ0) is 18.4. The predicted octanol–water partition coefficient (Wildman–Crippen LogP) is 1.63. The van der Waals surface area contributed by atoms with E-state index in [-0.39, 0.29) is 11.6 Å². The fourth-order valence-electron chi connectivity index (χ4n) is 2.08. The average molecular weight is 350 g/mol. The van der Waals surface area contributed by atoms with Crippen molar-refractivity contribution >= 4 is 17.9 Å². The van der Waals surface area contributed by atoms with E-state index in [4.69, 9.17) is 14.2 Å². The molecule has 25 heavy (non-hydrogen) atoms. The molecular formula is C17H22N2O6. The van der Waals surface area contributed by atoms with Crippen LogP contribution in [0.25, 0.3) is 0 Å². The highest BCUT2D eigenvalue weighted by molar-refractivity contribution is 5.98. The molecule has 0 radical (unpaired) electrons. The van der Waals surface area contributed by atoms with Crippen LogP contribution in [0, 0.1) is 0 Å². The summed E-state index contributed by atoms with van der Waals surface area (Å²) in [5.41, 5.74) is 0.232. The van der Waals surface area contributed by atoms with Gasteiger partial charge in [-0.25, -0.2) is 9.59 Å². The lowest BCUT2D eigenvalue weighted by Gasteiger charge is -2.15. The molecule has 0 saturated heterocycles. The van der Waals surface area contributed by atoms with Gasteiger partial charge in [0, 0.05) is 12.5 Å². The van der Waals surface area contributed by atoms with Gasteiger partial charge in [-0.2, -0.15) is 0 Å². The van der Waals surface area contributed by atoms with Crippen LogP contribution in [0.15, 0.2) is 18.2 Å². The van der Waals surface area contributed by atoms with E-state index < -0.39 is 24.0 Å². The molecule has 0 aliphatic carbocycles. The Bertz CT molecular complexity index is 659. The van der Waals surface area contributed by atoms with Gasteiger partial charge >= 0.3 is 12.0 Å². The van der Waals surface area contributed by atoms with Crippen molar-refractivity contribution in [2.24, 2.45) is 0 Å². The first-order valence-corrected chi connectivity index (χ1v) is 8.09. The first kappa shape index (κ1) is 18.6. The van der Waals surface area contributed by atoms with Crippen LogP contribution in [0.2, 0.25) is 0 Å². The molecule has 0 bridgehead atoms. The van der Waals surface area contributed by atoms with Crippen molar-refractivity contribution in [3.63, 3.8) is 0 Å². The summed E-state index contributed by atoms with van der Waals surface area (Å²) in [6.07, 6.45) is -0.370. The molecule has 0 aromatic heterocycles. The number of ether oxygens (including phenoxy) is 3. The second-order valence-corrected chi connectivity index (χ2v) is 5.88. The molecule has 136 valence electrons. The van der Waals surface area contributed by atoms with E-state index in [0.717, 1.165) is 6.42 Å². The molecule has 1 heterocycles. The van der Waals surface area contributed by atoms with Gasteiger partial charge in [-0.3, -0.25) is 10.1 Å². The summed E-state index contributed by atoms with van der Waals surface area (Å²) in [6, 6.07) is 3.91. The highest BCUT2D eigenvalue weighted by atomic mass is 16.5.